The number of anilines is 2. The van der Waals surface area contributed by atoms with Crippen LogP contribution in [0.25, 0.3) is 0 Å². The molecule has 2 aromatic carbocycles. The Bertz CT molecular complexity index is 1050. The molecule has 0 radical (unpaired) electrons. The lowest BCUT2D eigenvalue weighted by Crippen LogP contribution is -2.31. The van der Waals surface area contributed by atoms with Gasteiger partial charge in [-0.25, -0.2) is 18.2 Å². The molecule has 2 heterocycles. The minimum Gasteiger partial charge on any atom is -0.352 e. The summed E-state index contributed by atoms with van der Waals surface area (Å²) < 4.78 is 40.2. The Morgan fingerprint density at radius 1 is 1.00 bits per heavy atom. The van der Waals surface area contributed by atoms with Crippen LogP contribution in [-0.2, 0) is 13.0 Å². The Morgan fingerprint density at radius 2 is 1.79 bits per heavy atom. The van der Waals surface area contributed by atoms with Crippen molar-refractivity contribution in [1.29, 1.82) is 0 Å². The summed E-state index contributed by atoms with van der Waals surface area (Å²) in [6, 6.07) is 13.0. The minimum absolute atomic E-state index is 0.244. The van der Waals surface area contributed by atoms with Crippen LogP contribution in [0.15, 0.2) is 54.7 Å². The number of aromatic nitrogens is 1. The Labute approximate surface area is 159 Å². The lowest BCUT2D eigenvalue weighted by Gasteiger charge is -2.29. The van der Waals surface area contributed by atoms with E-state index in [1.807, 2.05) is 12.1 Å². The standard InChI is InChI=1S/C21H16F3N3O/c22-16-5-6-17(20(24)19(16)23)26-21(28)14-7-9-25-18(11-14)27-10-8-13-3-1-2-4-15(13)12-27/h1-7,9,11H,8,10,12H2,(H,26,28). The van der Waals surface area contributed by atoms with Gasteiger partial charge >= 0.3 is 0 Å². The van der Waals surface area contributed by atoms with E-state index < -0.39 is 29.0 Å². The topological polar surface area (TPSA) is 45.2 Å². The number of nitrogens with zero attached hydrogens (tertiary/aromatic N) is 2. The number of pyridine rings is 1. The molecule has 4 nitrogen and oxygen atoms in total. The van der Waals surface area contributed by atoms with Crippen molar-refractivity contribution < 1.29 is 18.0 Å². The maximum atomic E-state index is 13.8. The van der Waals surface area contributed by atoms with Crippen LogP contribution in [0, 0.1) is 17.5 Å². The molecule has 7 heteroatoms. The zero-order valence-electron chi connectivity index (χ0n) is 14.8. The van der Waals surface area contributed by atoms with Gasteiger partial charge in [-0.3, -0.25) is 4.79 Å². The van der Waals surface area contributed by atoms with Gasteiger partial charge < -0.3 is 10.2 Å². The van der Waals surface area contributed by atoms with Gasteiger partial charge in [0.15, 0.2) is 17.5 Å². The number of hydrogen-bond donors (Lipinski definition) is 1. The average Bonchev–Trinajstić information content (AvgIpc) is 2.74. The van der Waals surface area contributed by atoms with E-state index in [4.69, 9.17) is 0 Å². The van der Waals surface area contributed by atoms with E-state index in [-0.39, 0.29) is 5.56 Å². The van der Waals surface area contributed by atoms with Gasteiger partial charge in [0.05, 0.1) is 5.69 Å². The van der Waals surface area contributed by atoms with Crippen molar-refractivity contribution in [3.05, 3.63) is 88.9 Å². The molecular formula is C21H16F3N3O. The van der Waals surface area contributed by atoms with Crippen molar-refractivity contribution in [3.8, 4) is 0 Å². The number of benzene rings is 2. The molecule has 142 valence electrons. The lowest BCUT2D eigenvalue weighted by atomic mass is 10.00. The average molecular weight is 383 g/mol. The fraction of sp³-hybridized carbons (Fsp3) is 0.143. The first-order valence-electron chi connectivity index (χ1n) is 8.75. The molecule has 1 aliphatic heterocycles. The quantitative estimate of drug-likeness (QED) is 0.686. The summed E-state index contributed by atoms with van der Waals surface area (Å²) in [4.78, 5) is 18.8. The molecule has 3 aromatic rings. The van der Waals surface area contributed by atoms with E-state index >= 15 is 0 Å². The van der Waals surface area contributed by atoms with Crippen LogP contribution < -0.4 is 10.2 Å². The normalized spacial score (nSPS) is 13.2. The maximum absolute atomic E-state index is 13.8. The third-order valence-corrected chi connectivity index (χ3v) is 4.75. The van der Waals surface area contributed by atoms with Gasteiger partial charge in [-0.15, -0.1) is 0 Å². The molecule has 0 saturated carbocycles. The molecule has 1 aromatic heterocycles. The second-order valence-corrected chi connectivity index (χ2v) is 6.52. The highest BCUT2D eigenvalue weighted by Crippen LogP contribution is 2.24. The van der Waals surface area contributed by atoms with Crippen molar-refractivity contribution in [3.63, 3.8) is 0 Å². The van der Waals surface area contributed by atoms with Crippen molar-refractivity contribution in [2.45, 2.75) is 13.0 Å². The van der Waals surface area contributed by atoms with Gasteiger partial charge in [0.1, 0.15) is 5.82 Å². The molecule has 1 amide bonds. The van der Waals surface area contributed by atoms with Gasteiger partial charge in [-0.1, -0.05) is 24.3 Å². The van der Waals surface area contributed by atoms with E-state index in [0.29, 0.717) is 12.4 Å². The van der Waals surface area contributed by atoms with Crippen molar-refractivity contribution in [2.75, 3.05) is 16.8 Å². The molecule has 0 spiro atoms. The molecular weight excluding hydrogens is 367 g/mol. The number of carbonyl (C=O) groups is 1. The second-order valence-electron chi connectivity index (χ2n) is 6.52. The van der Waals surface area contributed by atoms with Gasteiger partial charge in [0.25, 0.3) is 5.91 Å². The summed E-state index contributed by atoms with van der Waals surface area (Å²) in [5, 5.41) is 2.27. The van der Waals surface area contributed by atoms with Gasteiger partial charge in [-0.2, -0.15) is 0 Å². The summed E-state index contributed by atoms with van der Waals surface area (Å²) in [6.45, 7) is 1.43. The molecule has 1 N–H and O–H groups in total. The van der Waals surface area contributed by atoms with E-state index in [0.717, 1.165) is 25.1 Å². The Balaban J connectivity index is 1.54. The second kappa shape index (κ2) is 7.34. The summed E-state index contributed by atoms with van der Waals surface area (Å²) in [5.74, 6) is -4.39. The molecule has 0 fully saturated rings. The molecule has 0 unspecified atom stereocenters. The molecule has 0 atom stereocenters. The predicted molar refractivity (Wildman–Crippen MR) is 99.7 cm³/mol. The number of halogens is 3. The third kappa shape index (κ3) is 3.43. The van der Waals surface area contributed by atoms with Gasteiger partial charge in [0, 0.05) is 24.8 Å². The molecule has 4 rings (SSSR count). The van der Waals surface area contributed by atoms with Crippen LogP contribution in [0.2, 0.25) is 0 Å². The van der Waals surface area contributed by atoms with Crippen LogP contribution in [-0.4, -0.2) is 17.4 Å². The summed E-state index contributed by atoms with van der Waals surface area (Å²) in [7, 11) is 0. The fourth-order valence-electron chi connectivity index (χ4n) is 3.24. The predicted octanol–water partition coefficient (Wildman–Crippen LogP) is 4.31. The smallest absolute Gasteiger partial charge is 0.255 e. The van der Waals surface area contributed by atoms with Gasteiger partial charge in [-0.05, 0) is 41.8 Å². The maximum Gasteiger partial charge on any atom is 0.255 e. The highest BCUT2D eigenvalue weighted by Gasteiger charge is 2.19. The summed E-state index contributed by atoms with van der Waals surface area (Å²) in [5.41, 5.74) is 2.32. The molecule has 0 bridgehead atoms. The number of carbonyl (C=O) groups excluding carboxylic acids is 1. The highest BCUT2D eigenvalue weighted by atomic mass is 19.2. The number of amides is 1. The van der Waals surface area contributed by atoms with Crippen molar-refractivity contribution >= 4 is 17.4 Å². The van der Waals surface area contributed by atoms with Crippen molar-refractivity contribution in [1.82, 2.24) is 4.98 Å². The Hall–Kier alpha value is -3.35. The zero-order valence-corrected chi connectivity index (χ0v) is 14.8. The van der Waals surface area contributed by atoms with Crippen LogP contribution in [0.1, 0.15) is 21.5 Å². The molecule has 0 saturated heterocycles. The minimum atomic E-state index is -1.62. The first-order valence-corrected chi connectivity index (χ1v) is 8.75. The molecule has 28 heavy (non-hydrogen) atoms. The lowest BCUT2D eigenvalue weighted by molar-refractivity contribution is 0.102. The van der Waals surface area contributed by atoms with Crippen LogP contribution in [0.5, 0.6) is 0 Å². The van der Waals surface area contributed by atoms with Crippen LogP contribution in [0.4, 0.5) is 24.7 Å². The number of fused-ring (bicyclic) bond motifs is 1. The fourth-order valence-corrected chi connectivity index (χ4v) is 3.24. The van der Waals surface area contributed by atoms with Crippen LogP contribution in [0.3, 0.4) is 0 Å². The zero-order chi connectivity index (χ0) is 19.7. The first kappa shape index (κ1) is 18.0. The van der Waals surface area contributed by atoms with E-state index in [1.54, 1.807) is 6.07 Å². The van der Waals surface area contributed by atoms with Crippen molar-refractivity contribution in [2.24, 2.45) is 0 Å². The molecule has 0 aliphatic carbocycles. The van der Waals surface area contributed by atoms with E-state index in [2.05, 4.69) is 27.3 Å². The van der Waals surface area contributed by atoms with Gasteiger partial charge in [0.2, 0.25) is 0 Å². The highest BCUT2D eigenvalue weighted by molar-refractivity contribution is 6.04. The third-order valence-electron chi connectivity index (χ3n) is 4.75. The SMILES string of the molecule is O=C(Nc1ccc(F)c(F)c1F)c1ccnc(N2CCc3ccccc3C2)c1. The summed E-state index contributed by atoms with van der Waals surface area (Å²) in [6.07, 6.45) is 2.36. The number of hydrogen-bond acceptors (Lipinski definition) is 3. The van der Waals surface area contributed by atoms with E-state index in [9.17, 15) is 18.0 Å². The Kier molecular flexibility index (Phi) is 4.73. The monoisotopic (exact) mass is 383 g/mol. The molecule has 1 aliphatic rings. The summed E-state index contributed by atoms with van der Waals surface area (Å²) >= 11 is 0. The largest absolute Gasteiger partial charge is 0.352 e. The van der Waals surface area contributed by atoms with Crippen LogP contribution >= 0.6 is 0 Å². The number of nitrogens with one attached hydrogen (secondary N) is 1. The number of rotatable bonds is 3. The Morgan fingerprint density at radius 3 is 2.61 bits per heavy atom. The van der Waals surface area contributed by atoms with E-state index in [1.165, 1.54) is 23.4 Å². The first-order chi connectivity index (χ1) is 13.5.